The molecule has 0 bridgehead atoms. The summed E-state index contributed by atoms with van der Waals surface area (Å²) < 4.78 is 0. The molecule has 20 heavy (non-hydrogen) atoms. The lowest BCUT2D eigenvalue weighted by Crippen LogP contribution is -2.50. The van der Waals surface area contributed by atoms with Crippen molar-refractivity contribution >= 4 is 11.8 Å². The van der Waals surface area contributed by atoms with Crippen molar-refractivity contribution in [2.75, 3.05) is 13.1 Å². The van der Waals surface area contributed by atoms with E-state index in [2.05, 4.69) is 17.1 Å². The molecule has 1 aliphatic heterocycles. The van der Waals surface area contributed by atoms with Gasteiger partial charge in [0.15, 0.2) is 0 Å². The quantitative estimate of drug-likeness (QED) is 0.808. The highest BCUT2D eigenvalue weighted by Crippen LogP contribution is 2.25. The highest BCUT2D eigenvalue weighted by molar-refractivity contribution is 5.84. The molecule has 5 heteroatoms. The molecular formula is C15H27N3O2. The summed E-state index contributed by atoms with van der Waals surface area (Å²) in [6.45, 7) is 3.44. The number of nitrogens with two attached hydrogens (primary N) is 1. The Balaban J connectivity index is 1.96. The van der Waals surface area contributed by atoms with Crippen LogP contribution in [-0.4, -0.2) is 41.9 Å². The van der Waals surface area contributed by atoms with E-state index < -0.39 is 0 Å². The van der Waals surface area contributed by atoms with Crippen molar-refractivity contribution in [2.24, 2.45) is 11.7 Å². The molecule has 1 aliphatic carbocycles. The molecule has 0 spiro atoms. The molecule has 2 aliphatic rings. The van der Waals surface area contributed by atoms with E-state index in [1.165, 1.54) is 0 Å². The molecule has 2 rings (SSSR count). The molecule has 0 aromatic heterocycles. The minimum atomic E-state index is -0.0325. The first-order valence-electron chi connectivity index (χ1n) is 7.94. The van der Waals surface area contributed by atoms with Crippen molar-refractivity contribution in [3.05, 3.63) is 0 Å². The number of piperidine rings is 1. The van der Waals surface area contributed by atoms with Crippen LogP contribution in [0.1, 0.15) is 51.9 Å². The van der Waals surface area contributed by atoms with Gasteiger partial charge in [0.1, 0.15) is 0 Å². The Hall–Kier alpha value is -1.10. The summed E-state index contributed by atoms with van der Waals surface area (Å²) >= 11 is 0. The highest BCUT2D eigenvalue weighted by Gasteiger charge is 2.33. The standard InChI is InChI=1S/C15H27N3O2/c1-2-9-18(13-6-4-12(16)5-7-13)15(20)11-3-8-14(19)17-10-11/h11-13H,2-10,16H2,1H3,(H,17,19). The molecule has 1 atom stereocenters. The van der Waals surface area contributed by atoms with Crippen molar-refractivity contribution < 1.29 is 9.59 Å². The molecule has 2 amide bonds. The van der Waals surface area contributed by atoms with Gasteiger partial charge >= 0.3 is 0 Å². The van der Waals surface area contributed by atoms with E-state index >= 15 is 0 Å². The third kappa shape index (κ3) is 3.72. The average molecular weight is 281 g/mol. The van der Waals surface area contributed by atoms with Gasteiger partial charge in [0.2, 0.25) is 11.8 Å². The lowest BCUT2D eigenvalue weighted by molar-refractivity contribution is -0.140. The van der Waals surface area contributed by atoms with Crippen LogP contribution in [-0.2, 0) is 9.59 Å². The summed E-state index contributed by atoms with van der Waals surface area (Å²) in [5.41, 5.74) is 5.95. The topological polar surface area (TPSA) is 75.4 Å². The third-order valence-electron chi connectivity index (χ3n) is 4.54. The van der Waals surface area contributed by atoms with E-state index in [4.69, 9.17) is 5.73 Å². The third-order valence-corrected chi connectivity index (χ3v) is 4.54. The number of rotatable bonds is 4. The van der Waals surface area contributed by atoms with Crippen LogP contribution >= 0.6 is 0 Å². The predicted octanol–water partition coefficient (Wildman–Crippen LogP) is 1.02. The Morgan fingerprint density at radius 1 is 1.30 bits per heavy atom. The van der Waals surface area contributed by atoms with Crippen molar-refractivity contribution in [2.45, 2.75) is 64.0 Å². The van der Waals surface area contributed by atoms with Gasteiger partial charge in [-0.2, -0.15) is 0 Å². The number of amides is 2. The van der Waals surface area contributed by atoms with Crippen molar-refractivity contribution in [1.82, 2.24) is 10.2 Å². The first-order chi connectivity index (χ1) is 9.61. The molecule has 3 N–H and O–H groups in total. The first kappa shape index (κ1) is 15.3. The van der Waals surface area contributed by atoms with E-state index in [1.54, 1.807) is 0 Å². The molecule has 1 unspecified atom stereocenters. The Morgan fingerprint density at radius 2 is 2.00 bits per heavy atom. The second-order valence-corrected chi connectivity index (χ2v) is 6.14. The zero-order valence-electron chi connectivity index (χ0n) is 12.4. The van der Waals surface area contributed by atoms with Gasteiger partial charge in [-0.25, -0.2) is 0 Å². The van der Waals surface area contributed by atoms with Crippen LogP contribution in [0.25, 0.3) is 0 Å². The zero-order valence-corrected chi connectivity index (χ0v) is 12.4. The van der Waals surface area contributed by atoms with Crippen molar-refractivity contribution in [1.29, 1.82) is 0 Å². The summed E-state index contributed by atoms with van der Waals surface area (Å²) in [6, 6.07) is 0.652. The molecule has 1 saturated heterocycles. The summed E-state index contributed by atoms with van der Waals surface area (Å²) in [6.07, 6.45) is 6.22. The summed E-state index contributed by atoms with van der Waals surface area (Å²) in [5.74, 6) is 0.266. The maximum Gasteiger partial charge on any atom is 0.227 e. The maximum atomic E-state index is 12.7. The van der Waals surface area contributed by atoms with E-state index in [9.17, 15) is 9.59 Å². The molecular weight excluding hydrogens is 254 g/mol. The van der Waals surface area contributed by atoms with E-state index in [0.29, 0.717) is 31.5 Å². The molecule has 114 valence electrons. The fourth-order valence-corrected chi connectivity index (χ4v) is 3.30. The second-order valence-electron chi connectivity index (χ2n) is 6.14. The number of carbonyl (C=O) groups is 2. The lowest BCUT2D eigenvalue weighted by Gasteiger charge is -2.38. The smallest absolute Gasteiger partial charge is 0.227 e. The summed E-state index contributed by atoms with van der Waals surface area (Å²) in [5, 5.41) is 2.81. The first-order valence-corrected chi connectivity index (χ1v) is 7.94. The van der Waals surface area contributed by atoms with E-state index in [-0.39, 0.29) is 17.7 Å². The maximum absolute atomic E-state index is 12.7. The van der Waals surface area contributed by atoms with Crippen LogP contribution < -0.4 is 11.1 Å². The fraction of sp³-hybridized carbons (Fsp3) is 0.867. The second kappa shape index (κ2) is 7.07. The molecule has 1 heterocycles. The largest absolute Gasteiger partial charge is 0.355 e. The number of nitrogens with one attached hydrogen (secondary N) is 1. The van der Waals surface area contributed by atoms with Gasteiger partial charge < -0.3 is 16.0 Å². The molecule has 0 aromatic carbocycles. The van der Waals surface area contributed by atoms with Crippen molar-refractivity contribution in [3.8, 4) is 0 Å². The summed E-state index contributed by atoms with van der Waals surface area (Å²) in [4.78, 5) is 26.0. The van der Waals surface area contributed by atoms with Gasteiger partial charge in [-0.1, -0.05) is 6.92 Å². The molecule has 1 saturated carbocycles. The molecule has 5 nitrogen and oxygen atoms in total. The highest BCUT2D eigenvalue weighted by atomic mass is 16.2. The van der Waals surface area contributed by atoms with Crippen LogP contribution in [0.15, 0.2) is 0 Å². The zero-order chi connectivity index (χ0) is 14.5. The SMILES string of the molecule is CCCN(C(=O)C1CCC(=O)NC1)C1CCC(N)CC1. The van der Waals surface area contributed by atoms with E-state index in [0.717, 1.165) is 38.6 Å². The molecule has 0 aromatic rings. The summed E-state index contributed by atoms with van der Waals surface area (Å²) in [7, 11) is 0. The normalized spacial score (nSPS) is 30.7. The van der Waals surface area contributed by atoms with Gasteiger partial charge in [0, 0.05) is 31.6 Å². The van der Waals surface area contributed by atoms with Gasteiger partial charge in [0.05, 0.1) is 5.92 Å². The molecule has 0 radical (unpaired) electrons. The Bertz CT molecular complexity index is 341. The van der Waals surface area contributed by atoms with Crippen molar-refractivity contribution in [3.63, 3.8) is 0 Å². The Morgan fingerprint density at radius 3 is 2.55 bits per heavy atom. The number of hydrogen-bond donors (Lipinski definition) is 2. The minimum Gasteiger partial charge on any atom is -0.355 e. The Kier molecular flexibility index (Phi) is 5.40. The minimum absolute atomic E-state index is 0.0325. The number of hydrogen-bond acceptors (Lipinski definition) is 3. The van der Waals surface area contributed by atoms with Crippen LogP contribution in [0.5, 0.6) is 0 Å². The fourth-order valence-electron chi connectivity index (χ4n) is 3.30. The number of nitrogens with zero attached hydrogens (tertiary/aromatic N) is 1. The van der Waals surface area contributed by atoms with Gasteiger partial charge in [-0.3, -0.25) is 9.59 Å². The van der Waals surface area contributed by atoms with Gasteiger partial charge in [-0.05, 0) is 38.5 Å². The lowest BCUT2D eigenvalue weighted by atomic mass is 9.89. The monoisotopic (exact) mass is 281 g/mol. The van der Waals surface area contributed by atoms with Crippen LogP contribution in [0.3, 0.4) is 0 Å². The molecule has 2 fully saturated rings. The average Bonchev–Trinajstić information content (AvgIpc) is 2.46. The van der Waals surface area contributed by atoms with E-state index in [1.807, 2.05) is 0 Å². The predicted molar refractivity (Wildman–Crippen MR) is 78.0 cm³/mol. The van der Waals surface area contributed by atoms with Crippen LogP contribution in [0.4, 0.5) is 0 Å². The van der Waals surface area contributed by atoms with Gasteiger partial charge in [-0.15, -0.1) is 0 Å². The van der Waals surface area contributed by atoms with Crippen LogP contribution in [0, 0.1) is 5.92 Å². The van der Waals surface area contributed by atoms with Crippen LogP contribution in [0.2, 0.25) is 0 Å². The number of carbonyl (C=O) groups excluding carboxylic acids is 2. The van der Waals surface area contributed by atoms with Gasteiger partial charge in [0.25, 0.3) is 0 Å². The Labute approximate surface area is 121 Å².